The van der Waals surface area contributed by atoms with Crippen LogP contribution in [0.1, 0.15) is 28.5 Å². The van der Waals surface area contributed by atoms with E-state index in [0.717, 1.165) is 10.1 Å². The molecule has 0 bridgehead atoms. The van der Waals surface area contributed by atoms with E-state index in [-0.39, 0.29) is 24.7 Å². The van der Waals surface area contributed by atoms with E-state index in [1.807, 2.05) is 12.1 Å². The molecule has 32 heavy (non-hydrogen) atoms. The van der Waals surface area contributed by atoms with Crippen molar-refractivity contribution in [2.75, 3.05) is 0 Å². The van der Waals surface area contributed by atoms with Crippen molar-refractivity contribution in [3.63, 3.8) is 0 Å². The second-order valence-electron chi connectivity index (χ2n) is 7.13. The zero-order valence-corrected chi connectivity index (χ0v) is 17.8. The highest BCUT2D eigenvalue weighted by Gasteiger charge is 2.37. The molecule has 1 aromatic carbocycles. The third kappa shape index (κ3) is 4.45. The normalized spacial score (nSPS) is 11.8. The summed E-state index contributed by atoms with van der Waals surface area (Å²) in [5, 5.41) is 6.85. The summed E-state index contributed by atoms with van der Waals surface area (Å²) in [5.74, 6) is -0.585. The van der Waals surface area contributed by atoms with Crippen LogP contribution < -0.4 is 5.32 Å². The number of amides is 1. The third-order valence-electron chi connectivity index (χ3n) is 4.89. The Morgan fingerprint density at radius 2 is 1.84 bits per heavy atom. The summed E-state index contributed by atoms with van der Waals surface area (Å²) in [5.41, 5.74) is 2.11. The fourth-order valence-electron chi connectivity index (χ4n) is 3.24. The summed E-state index contributed by atoms with van der Waals surface area (Å²) in [4.78, 5) is 20.0. The first-order chi connectivity index (χ1) is 15.1. The molecule has 0 atom stereocenters. The lowest BCUT2D eigenvalue weighted by Crippen LogP contribution is -2.25. The number of aryl methyl sites for hydroxylation is 2. The summed E-state index contributed by atoms with van der Waals surface area (Å²) in [6.07, 6.45) is -4.76. The van der Waals surface area contributed by atoms with E-state index in [1.165, 1.54) is 0 Å². The molecule has 1 amide bonds. The Kier molecular flexibility index (Phi) is 5.64. The predicted molar refractivity (Wildman–Crippen MR) is 110 cm³/mol. The Morgan fingerprint density at radius 1 is 1.12 bits per heavy atom. The Labute approximate surface area is 185 Å². The topological polar surface area (TPSA) is 85.3 Å². The maximum Gasteiger partial charge on any atom is 0.453 e. The van der Waals surface area contributed by atoms with Crippen LogP contribution in [0.25, 0.3) is 17.1 Å². The number of hydrogen-bond donors (Lipinski definition) is 1. The number of carbonyl (C=O) groups is 1. The lowest BCUT2D eigenvalue weighted by atomic mass is 10.1. The van der Waals surface area contributed by atoms with E-state index in [4.69, 9.17) is 16.0 Å². The van der Waals surface area contributed by atoms with Crippen LogP contribution in [0, 0.1) is 13.8 Å². The zero-order valence-electron chi connectivity index (χ0n) is 17.0. The van der Waals surface area contributed by atoms with E-state index in [2.05, 4.69) is 20.4 Å². The predicted octanol–water partition coefficient (Wildman–Crippen LogP) is 4.53. The second kappa shape index (κ2) is 8.27. The molecule has 166 valence electrons. The average Bonchev–Trinajstić information content (AvgIpc) is 3.37. The minimum atomic E-state index is -4.68. The monoisotopic (exact) mass is 463 g/mol. The van der Waals surface area contributed by atoms with Crippen molar-refractivity contribution in [3.8, 4) is 11.3 Å². The molecule has 0 saturated carbocycles. The first kappa shape index (κ1) is 21.8. The number of nitrogens with zero attached hydrogens (tertiary/aromatic N) is 4. The van der Waals surface area contributed by atoms with Crippen LogP contribution in [0.4, 0.5) is 13.2 Å². The molecule has 3 aromatic heterocycles. The number of nitrogens with one attached hydrogen (secondary N) is 1. The van der Waals surface area contributed by atoms with Gasteiger partial charge in [0, 0.05) is 27.5 Å². The highest BCUT2D eigenvalue weighted by Crippen LogP contribution is 2.27. The Balaban J connectivity index is 1.46. The van der Waals surface area contributed by atoms with Gasteiger partial charge in [-0.05, 0) is 50.2 Å². The van der Waals surface area contributed by atoms with Gasteiger partial charge in [-0.25, -0.2) is 9.50 Å². The maximum atomic E-state index is 12.9. The fraction of sp³-hybridized carbons (Fsp3) is 0.238. The van der Waals surface area contributed by atoms with E-state index in [0.29, 0.717) is 33.5 Å². The van der Waals surface area contributed by atoms with Crippen molar-refractivity contribution in [2.24, 2.45) is 0 Å². The van der Waals surface area contributed by atoms with Gasteiger partial charge in [0.15, 0.2) is 0 Å². The molecule has 0 unspecified atom stereocenters. The van der Waals surface area contributed by atoms with Gasteiger partial charge < -0.3 is 9.73 Å². The molecule has 1 N–H and O–H groups in total. The quantitative estimate of drug-likeness (QED) is 0.470. The second-order valence-corrected chi connectivity index (χ2v) is 7.57. The van der Waals surface area contributed by atoms with Crippen molar-refractivity contribution in [2.45, 2.75) is 33.0 Å². The first-order valence-electron chi connectivity index (χ1n) is 9.53. The largest absolute Gasteiger partial charge is 0.459 e. The molecule has 0 spiro atoms. The summed E-state index contributed by atoms with van der Waals surface area (Å²) in [6.45, 7) is 3.34. The van der Waals surface area contributed by atoms with Crippen LogP contribution in [-0.2, 0) is 23.9 Å². The van der Waals surface area contributed by atoms with Crippen LogP contribution in [-0.4, -0.2) is 25.5 Å². The minimum absolute atomic E-state index is 0.0768. The van der Waals surface area contributed by atoms with E-state index in [1.54, 1.807) is 38.1 Å². The molecule has 4 aromatic rings. The van der Waals surface area contributed by atoms with Crippen LogP contribution in [0.15, 0.2) is 40.8 Å². The van der Waals surface area contributed by atoms with Gasteiger partial charge in [-0.2, -0.15) is 18.2 Å². The SMILES string of the molecule is Cc1nc2nc(C(F)(F)F)nn2c(C)c1CC(=O)NCc1ccc(-c2ccc(Cl)cc2)o1. The molecule has 0 aliphatic heterocycles. The fourth-order valence-corrected chi connectivity index (χ4v) is 3.36. The van der Waals surface area contributed by atoms with E-state index < -0.39 is 12.0 Å². The molecular weight excluding hydrogens is 447 g/mol. The molecule has 0 fully saturated rings. The third-order valence-corrected chi connectivity index (χ3v) is 5.14. The molecule has 3 heterocycles. The Bertz CT molecular complexity index is 1300. The van der Waals surface area contributed by atoms with Gasteiger partial charge in [0.25, 0.3) is 11.6 Å². The number of hydrogen-bond acceptors (Lipinski definition) is 5. The summed E-state index contributed by atoms with van der Waals surface area (Å²) in [7, 11) is 0. The van der Waals surface area contributed by atoms with Gasteiger partial charge in [-0.15, -0.1) is 5.10 Å². The summed E-state index contributed by atoms with van der Waals surface area (Å²) >= 11 is 5.89. The smallest absolute Gasteiger partial charge is 0.453 e. The maximum absolute atomic E-state index is 12.9. The van der Waals surface area contributed by atoms with Crippen molar-refractivity contribution in [1.29, 1.82) is 0 Å². The van der Waals surface area contributed by atoms with Crippen LogP contribution >= 0.6 is 11.6 Å². The number of rotatable bonds is 5. The molecular formula is C21H17ClF3N5O2. The molecule has 0 aliphatic carbocycles. The van der Waals surface area contributed by atoms with Crippen LogP contribution in [0.3, 0.4) is 0 Å². The minimum Gasteiger partial charge on any atom is -0.459 e. The van der Waals surface area contributed by atoms with E-state index in [9.17, 15) is 18.0 Å². The lowest BCUT2D eigenvalue weighted by molar-refractivity contribution is -0.144. The van der Waals surface area contributed by atoms with Gasteiger partial charge >= 0.3 is 6.18 Å². The van der Waals surface area contributed by atoms with Crippen molar-refractivity contribution < 1.29 is 22.4 Å². The average molecular weight is 464 g/mol. The molecule has 7 nitrogen and oxygen atoms in total. The first-order valence-corrected chi connectivity index (χ1v) is 9.91. The van der Waals surface area contributed by atoms with Gasteiger partial charge in [-0.3, -0.25) is 4.79 Å². The summed E-state index contributed by atoms with van der Waals surface area (Å²) < 4.78 is 45.5. The number of furan rings is 1. The standard InChI is InChI=1S/C21H17ClF3N5O2/c1-11-16(12(2)30-20(27-11)28-19(29-30)21(23,24)25)9-18(31)26-10-15-7-8-17(32-15)13-3-5-14(22)6-4-13/h3-8H,9-10H2,1-2H3,(H,26,31). The number of benzene rings is 1. The van der Waals surface area contributed by atoms with Crippen molar-refractivity contribution in [3.05, 3.63) is 70.0 Å². The Hall–Kier alpha value is -3.40. The zero-order chi connectivity index (χ0) is 23.0. The van der Waals surface area contributed by atoms with Gasteiger partial charge in [-0.1, -0.05) is 11.6 Å². The van der Waals surface area contributed by atoms with Gasteiger partial charge in [0.1, 0.15) is 11.5 Å². The molecule has 11 heteroatoms. The number of aromatic nitrogens is 4. The molecule has 4 rings (SSSR count). The van der Waals surface area contributed by atoms with Crippen molar-refractivity contribution >= 4 is 23.3 Å². The molecule has 0 aliphatic rings. The number of carbonyl (C=O) groups excluding carboxylic acids is 1. The lowest BCUT2D eigenvalue weighted by Gasteiger charge is -2.10. The van der Waals surface area contributed by atoms with Crippen LogP contribution in [0.2, 0.25) is 5.02 Å². The summed E-state index contributed by atoms with van der Waals surface area (Å²) in [6, 6.07) is 10.7. The number of alkyl halides is 3. The van der Waals surface area contributed by atoms with E-state index >= 15 is 0 Å². The number of fused-ring (bicyclic) bond motifs is 1. The van der Waals surface area contributed by atoms with Crippen molar-refractivity contribution in [1.82, 2.24) is 24.9 Å². The molecule has 0 saturated heterocycles. The van der Waals surface area contributed by atoms with Crippen LogP contribution in [0.5, 0.6) is 0 Å². The highest BCUT2D eigenvalue weighted by molar-refractivity contribution is 6.30. The Morgan fingerprint density at radius 3 is 2.53 bits per heavy atom. The van der Waals surface area contributed by atoms with Gasteiger partial charge in [0.2, 0.25) is 5.91 Å². The molecule has 0 radical (unpaired) electrons. The number of halogens is 4. The van der Waals surface area contributed by atoms with Gasteiger partial charge in [0.05, 0.1) is 13.0 Å². The highest BCUT2D eigenvalue weighted by atomic mass is 35.5.